The Balaban J connectivity index is 2.27. The van der Waals surface area contributed by atoms with E-state index >= 15 is 0 Å². The molecule has 1 saturated heterocycles. The lowest BCUT2D eigenvalue weighted by Gasteiger charge is -2.32. The standard InChI is InChI=1S/C16H23NO/c1-3-15(18-2)16(13-9-5-4-6-10-13)14-11-7-8-12-17-14/h3-6,9-10,14,16-17H,7-8,11-12H2,1-2H3. The molecule has 1 aromatic rings. The van der Waals surface area contributed by atoms with E-state index in [0.717, 1.165) is 12.3 Å². The average Bonchev–Trinajstić information content (AvgIpc) is 2.46. The average molecular weight is 245 g/mol. The van der Waals surface area contributed by atoms with Crippen molar-refractivity contribution in [1.29, 1.82) is 0 Å². The number of rotatable bonds is 4. The Labute approximate surface area is 110 Å². The molecule has 98 valence electrons. The molecule has 1 aliphatic rings. The van der Waals surface area contributed by atoms with Crippen LogP contribution in [0.15, 0.2) is 42.2 Å². The fourth-order valence-electron chi connectivity index (χ4n) is 2.84. The fraction of sp³-hybridized carbons (Fsp3) is 0.500. The van der Waals surface area contributed by atoms with E-state index in [-0.39, 0.29) is 0 Å². The predicted octanol–water partition coefficient (Wildman–Crippen LogP) is 3.46. The number of nitrogens with one attached hydrogen (secondary N) is 1. The van der Waals surface area contributed by atoms with Crippen LogP contribution in [0, 0.1) is 0 Å². The number of hydrogen-bond acceptors (Lipinski definition) is 2. The van der Waals surface area contributed by atoms with Gasteiger partial charge in [-0.1, -0.05) is 36.8 Å². The highest BCUT2D eigenvalue weighted by Gasteiger charge is 2.28. The van der Waals surface area contributed by atoms with E-state index in [1.54, 1.807) is 7.11 Å². The molecule has 0 saturated carbocycles. The van der Waals surface area contributed by atoms with Crippen LogP contribution in [-0.2, 0) is 4.74 Å². The number of hydrogen-bond donors (Lipinski definition) is 1. The highest BCUT2D eigenvalue weighted by Crippen LogP contribution is 2.32. The molecule has 0 radical (unpaired) electrons. The molecule has 2 atom stereocenters. The lowest BCUT2D eigenvalue weighted by Crippen LogP contribution is -2.39. The third-order valence-corrected chi connectivity index (χ3v) is 3.74. The summed E-state index contributed by atoms with van der Waals surface area (Å²) in [6, 6.07) is 11.2. The van der Waals surface area contributed by atoms with Crippen LogP contribution in [0.4, 0.5) is 0 Å². The first-order valence-electron chi connectivity index (χ1n) is 6.85. The zero-order valence-electron chi connectivity index (χ0n) is 11.4. The van der Waals surface area contributed by atoms with E-state index in [9.17, 15) is 0 Å². The molecule has 0 spiro atoms. The molecular formula is C16H23NO. The van der Waals surface area contributed by atoms with Crippen LogP contribution in [0.3, 0.4) is 0 Å². The van der Waals surface area contributed by atoms with E-state index in [0.29, 0.717) is 12.0 Å². The van der Waals surface area contributed by atoms with Gasteiger partial charge < -0.3 is 10.1 Å². The Morgan fingerprint density at radius 2 is 2.11 bits per heavy atom. The summed E-state index contributed by atoms with van der Waals surface area (Å²) in [5.41, 5.74) is 1.34. The largest absolute Gasteiger partial charge is 0.501 e. The van der Waals surface area contributed by atoms with Crippen LogP contribution >= 0.6 is 0 Å². The number of ether oxygens (including phenoxy) is 1. The monoisotopic (exact) mass is 245 g/mol. The molecule has 0 aliphatic carbocycles. The quantitative estimate of drug-likeness (QED) is 0.820. The van der Waals surface area contributed by atoms with Gasteiger partial charge in [0.1, 0.15) is 5.76 Å². The van der Waals surface area contributed by atoms with Crippen molar-refractivity contribution in [3.05, 3.63) is 47.7 Å². The summed E-state index contributed by atoms with van der Waals surface area (Å²) in [6.45, 7) is 3.17. The maximum atomic E-state index is 5.59. The Hall–Kier alpha value is -1.28. The van der Waals surface area contributed by atoms with Gasteiger partial charge in [0.25, 0.3) is 0 Å². The molecule has 0 amide bonds. The second kappa shape index (κ2) is 6.60. The van der Waals surface area contributed by atoms with Gasteiger partial charge in [0.15, 0.2) is 0 Å². The van der Waals surface area contributed by atoms with Gasteiger partial charge in [-0.05, 0) is 37.9 Å². The second-order valence-electron chi connectivity index (χ2n) is 4.84. The third-order valence-electron chi connectivity index (χ3n) is 3.74. The van der Waals surface area contributed by atoms with Crippen molar-refractivity contribution in [2.45, 2.75) is 38.1 Å². The van der Waals surface area contributed by atoms with Gasteiger partial charge in [-0.25, -0.2) is 0 Å². The molecule has 2 nitrogen and oxygen atoms in total. The van der Waals surface area contributed by atoms with Gasteiger partial charge in [0, 0.05) is 6.04 Å². The summed E-state index contributed by atoms with van der Waals surface area (Å²) in [5, 5.41) is 3.65. The van der Waals surface area contributed by atoms with E-state index < -0.39 is 0 Å². The molecule has 0 bridgehead atoms. The molecular weight excluding hydrogens is 222 g/mol. The van der Waals surface area contributed by atoms with Gasteiger partial charge in [0.2, 0.25) is 0 Å². The van der Waals surface area contributed by atoms with Crippen LogP contribution in [0.5, 0.6) is 0 Å². The summed E-state index contributed by atoms with van der Waals surface area (Å²) < 4.78 is 5.59. The first-order chi connectivity index (χ1) is 8.86. The van der Waals surface area contributed by atoms with Crippen molar-refractivity contribution in [2.75, 3.05) is 13.7 Å². The van der Waals surface area contributed by atoms with E-state index in [1.807, 2.05) is 0 Å². The summed E-state index contributed by atoms with van der Waals surface area (Å²) in [5.74, 6) is 1.40. The van der Waals surface area contributed by atoms with Gasteiger partial charge in [-0.2, -0.15) is 0 Å². The predicted molar refractivity (Wildman–Crippen MR) is 75.6 cm³/mol. The zero-order chi connectivity index (χ0) is 12.8. The van der Waals surface area contributed by atoms with Crippen molar-refractivity contribution < 1.29 is 4.74 Å². The maximum Gasteiger partial charge on any atom is 0.100 e. The molecule has 1 aliphatic heterocycles. The molecule has 2 unspecified atom stereocenters. The smallest absolute Gasteiger partial charge is 0.100 e. The minimum atomic E-state index is 0.335. The second-order valence-corrected chi connectivity index (χ2v) is 4.84. The molecule has 1 fully saturated rings. The van der Waals surface area contributed by atoms with Gasteiger partial charge >= 0.3 is 0 Å². The van der Waals surface area contributed by atoms with Crippen LogP contribution in [0.25, 0.3) is 0 Å². The van der Waals surface area contributed by atoms with Crippen LogP contribution in [0.2, 0.25) is 0 Å². The van der Waals surface area contributed by atoms with Gasteiger partial charge in [-0.3, -0.25) is 0 Å². The Morgan fingerprint density at radius 1 is 1.33 bits per heavy atom. The summed E-state index contributed by atoms with van der Waals surface area (Å²) in [7, 11) is 1.77. The Kier molecular flexibility index (Phi) is 4.82. The first-order valence-corrected chi connectivity index (χ1v) is 6.85. The van der Waals surface area contributed by atoms with Crippen LogP contribution in [-0.4, -0.2) is 19.7 Å². The summed E-state index contributed by atoms with van der Waals surface area (Å²) in [6.07, 6.45) is 5.91. The number of methoxy groups -OCH3 is 1. The van der Waals surface area contributed by atoms with E-state index in [4.69, 9.17) is 4.74 Å². The normalized spacial score (nSPS) is 22.6. The lowest BCUT2D eigenvalue weighted by molar-refractivity contribution is 0.232. The minimum Gasteiger partial charge on any atom is -0.501 e. The van der Waals surface area contributed by atoms with E-state index in [1.165, 1.54) is 24.8 Å². The Morgan fingerprint density at radius 3 is 2.67 bits per heavy atom. The molecule has 2 rings (SSSR count). The fourth-order valence-corrected chi connectivity index (χ4v) is 2.84. The highest BCUT2D eigenvalue weighted by molar-refractivity contribution is 5.29. The number of allylic oxidation sites excluding steroid dienone is 1. The molecule has 1 heterocycles. The number of piperidine rings is 1. The SMILES string of the molecule is CC=C(OC)C(c1ccccc1)C1CCCCN1. The van der Waals surface area contributed by atoms with Gasteiger partial charge in [0.05, 0.1) is 13.0 Å². The Bertz CT molecular complexity index is 379. The molecule has 2 heteroatoms. The summed E-state index contributed by atoms with van der Waals surface area (Å²) >= 11 is 0. The molecule has 1 aromatic carbocycles. The van der Waals surface area contributed by atoms with E-state index in [2.05, 4.69) is 48.6 Å². The van der Waals surface area contributed by atoms with Gasteiger partial charge in [-0.15, -0.1) is 0 Å². The van der Waals surface area contributed by atoms with Crippen molar-refractivity contribution in [2.24, 2.45) is 0 Å². The molecule has 0 aromatic heterocycles. The molecule has 18 heavy (non-hydrogen) atoms. The maximum absolute atomic E-state index is 5.59. The van der Waals surface area contributed by atoms with Crippen LogP contribution in [0.1, 0.15) is 37.7 Å². The highest BCUT2D eigenvalue weighted by atomic mass is 16.5. The van der Waals surface area contributed by atoms with Crippen molar-refractivity contribution in [3.8, 4) is 0 Å². The van der Waals surface area contributed by atoms with Crippen molar-refractivity contribution in [3.63, 3.8) is 0 Å². The minimum absolute atomic E-state index is 0.335. The van der Waals surface area contributed by atoms with Crippen LogP contribution < -0.4 is 5.32 Å². The zero-order valence-corrected chi connectivity index (χ0v) is 11.4. The lowest BCUT2D eigenvalue weighted by atomic mass is 9.85. The third kappa shape index (κ3) is 2.94. The first kappa shape index (κ1) is 13.2. The van der Waals surface area contributed by atoms with Crippen molar-refractivity contribution in [1.82, 2.24) is 5.32 Å². The number of benzene rings is 1. The summed E-state index contributed by atoms with van der Waals surface area (Å²) in [4.78, 5) is 0. The molecule has 1 N–H and O–H groups in total. The van der Waals surface area contributed by atoms with Crippen molar-refractivity contribution >= 4 is 0 Å². The topological polar surface area (TPSA) is 21.3 Å².